The van der Waals surface area contributed by atoms with E-state index in [9.17, 15) is 4.79 Å². The second kappa shape index (κ2) is 4.40. The molecule has 3 atom stereocenters. The lowest BCUT2D eigenvalue weighted by Gasteiger charge is -2.52. The first-order valence-corrected chi connectivity index (χ1v) is 7.71. The van der Waals surface area contributed by atoms with Crippen molar-refractivity contribution in [3.63, 3.8) is 0 Å². The highest BCUT2D eigenvalue weighted by Crippen LogP contribution is 2.50. The van der Waals surface area contributed by atoms with Gasteiger partial charge in [-0.1, -0.05) is 13.3 Å². The zero-order valence-corrected chi connectivity index (χ0v) is 13.3. The van der Waals surface area contributed by atoms with Gasteiger partial charge in [-0.3, -0.25) is 4.79 Å². The average Bonchev–Trinajstić information content (AvgIpc) is 2.35. The molecule has 0 aromatic carbocycles. The number of hydrogen-bond donors (Lipinski definition) is 0. The number of hydrogen-bond acceptors (Lipinski definition) is 3. The minimum absolute atomic E-state index is 0.165. The third-order valence-corrected chi connectivity index (χ3v) is 5.31. The minimum atomic E-state index is -0.173. The molecule has 0 saturated heterocycles. The molecule has 112 valence electrons. The van der Waals surface area contributed by atoms with Crippen LogP contribution in [0.25, 0.3) is 0 Å². The maximum Gasteiger partial charge on any atom is 0.256 e. The molecule has 0 spiro atoms. The van der Waals surface area contributed by atoms with Crippen LogP contribution >= 0.6 is 0 Å². The monoisotopic (exact) mass is 278 g/mol. The summed E-state index contributed by atoms with van der Waals surface area (Å²) in [4.78, 5) is 16.5. The van der Waals surface area contributed by atoms with Crippen LogP contribution in [0.1, 0.15) is 40.0 Å². The van der Waals surface area contributed by atoms with Crippen molar-refractivity contribution in [2.75, 3.05) is 20.8 Å². The van der Waals surface area contributed by atoms with Gasteiger partial charge in [0.1, 0.15) is 5.60 Å². The van der Waals surface area contributed by atoms with Crippen molar-refractivity contribution in [2.24, 2.45) is 17.8 Å². The van der Waals surface area contributed by atoms with Gasteiger partial charge in [-0.15, -0.1) is 0 Å². The lowest BCUT2D eigenvalue weighted by Crippen LogP contribution is -2.55. The molecule has 1 saturated carbocycles. The molecule has 2 aliphatic heterocycles. The maximum absolute atomic E-state index is 12.6. The molecule has 3 rings (SSSR count). The fraction of sp³-hybridized carbons (Fsp3) is 0.812. The molecule has 0 N–H and O–H groups in total. The van der Waals surface area contributed by atoms with E-state index in [1.165, 1.54) is 6.42 Å². The molecule has 0 unspecified atom stereocenters. The summed E-state index contributed by atoms with van der Waals surface area (Å²) in [5, 5.41) is 0. The molecular weight excluding hydrogens is 252 g/mol. The topological polar surface area (TPSA) is 32.8 Å². The summed E-state index contributed by atoms with van der Waals surface area (Å²) in [7, 11) is 3.89. The predicted molar refractivity (Wildman–Crippen MR) is 77.6 cm³/mol. The smallest absolute Gasteiger partial charge is 0.256 e. The highest BCUT2D eigenvalue weighted by molar-refractivity contribution is 5.95. The quantitative estimate of drug-likeness (QED) is 0.682. The van der Waals surface area contributed by atoms with Crippen molar-refractivity contribution in [1.82, 2.24) is 9.80 Å². The molecule has 4 nitrogen and oxygen atoms in total. The van der Waals surface area contributed by atoms with Gasteiger partial charge in [0.15, 0.2) is 5.88 Å². The van der Waals surface area contributed by atoms with Crippen LogP contribution in [0.2, 0.25) is 0 Å². The van der Waals surface area contributed by atoms with Crippen LogP contribution in [0.3, 0.4) is 0 Å². The molecule has 0 radical (unpaired) electrons. The highest BCUT2D eigenvalue weighted by atomic mass is 16.5. The van der Waals surface area contributed by atoms with Crippen molar-refractivity contribution in [1.29, 1.82) is 0 Å². The number of carbonyl (C=O) groups is 1. The van der Waals surface area contributed by atoms with Crippen molar-refractivity contribution < 1.29 is 9.53 Å². The van der Waals surface area contributed by atoms with Gasteiger partial charge in [0.2, 0.25) is 0 Å². The summed E-state index contributed by atoms with van der Waals surface area (Å²) in [5.74, 6) is 2.51. The normalized spacial score (nSPS) is 36.5. The molecule has 1 aliphatic carbocycles. The van der Waals surface area contributed by atoms with Gasteiger partial charge in [0.25, 0.3) is 5.91 Å². The van der Waals surface area contributed by atoms with E-state index in [-0.39, 0.29) is 11.5 Å². The number of rotatable bonds is 0. The number of nitrogens with zero attached hydrogens (tertiary/aromatic N) is 2. The fourth-order valence-corrected chi connectivity index (χ4v) is 4.26. The molecule has 3 aliphatic rings. The average molecular weight is 278 g/mol. The third kappa shape index (κ3) is 1.92. The molecule has 20 heavy (non-hydrogen) atoms. The Morgan fingerprint density at radius 3 is 2.60 bits per heavy atom. The summed E-state index contributed by atoms with van der Waals surface area (Å²) in [5.41, 5.74) is 0.755. The first kappa shape index (κ1) is 13.8. The van der Waals surface area contributed by atoms with Gasteiger partial charge in [0, 0.05) is 25.9 Å². The van der Waals surface area contributed by atoms with E-state index in [0.717, 1.165) is 24.3 Å². The third-order valence-electron chi connectivity index (χ3n) is 5.31. The number of carbonyl (C=O) groups excluding carboxylic acids is 1. The van der Waals surface area contributed by atoms with Crippen LogP contribution in [0.4, 0.5) is 0 Å². The Morgan fingerprint density at radius 1 is 1.20 bits per heavy atom. The van der Waals surface area contributed by atoms with Crippen molar-refractivity contribution >= 4 is 5.91 Å². The summed E-state index contributed by atoms with van der Waals surface area (Å²) >= 11 is 0. The molecule has 4 heteroatoms. The molecule has 1 fully saturated rings. The summed E-state index contributed by atoms with van der Waals surface area (Å²) < 4.78 is 6.27. The second-order valence-corrected chi connectivity index (χ2v) is 7.40. The Labute approximate surface area is 121 Å². The van der Waals surface area contributed by atoms with E-state index in [2.05, 4.69) is 25.7 Å². The van der Waals surface area contributed by atoms with Crippen molar-refractivity contribution in [3.8, 4) is 0 Å². The van der Waals surface area contributed by atoms with Crippen LogP contribution in [0.5, 0.6) is 0 Å². The Balaban J connectivity index is 2.08. The molecule has 2 heterocycles. The van der Waals surface area contributed by atoms with Gasteiger partial charge < -0.3 is 14.5 Å². The van der Waals surface area contributed by atoms with Gasteiger partial charge in [0.05, 0.1) is 12.2 Å². The molecule has 0 aromatic heterocycles. The molecule has 0 bridgehead atoms. The van der Waals surface area contributed by atoms with Gasteiger partial charge in [-0.25, -0.2) is 0 Å². The predicted octanol–water partition coefficient (Wildman–Crippen LogP) is 2.42. The first-order chi connectivity index (χ1) is 9.31. The van der Waals surface area contributed by atoms with Crippen molar-refractivity contribution in [3.05, 3.63) is 11.5 Å². The van der Waals surface area contributed by atoms with E-state index in [1.54, 1.807) is 4.90 Å². The lowest BCUT2D eigenvalue weighted by atomic mass is 9.64. The highest BCUT2D eigenvalue weighted by Gasteiger charge is 2.51. The van der Waals surface area contributed by atoms with E-state index in [1.807, 2.05) is 14.1 Å². The summed E-state index contributed by atoms with van der Waals surface area (Å²) in [6.07, 6.45) is 3.52. The van der Waals surface area contributed by atoms with E-state index < -0.39 is 0 Å². The number of fused-ring (bicyclic) bond motifs is 2. The number of likely N-dealkylation sites (N-methyl/N-ethyl adjacent to an activating group) is 1. The Bertz CT molecular complexity index is 469. The van der Waals surface area contributed by atoms with Crippen LogP contribution in [0.15, 0.2) is 11.5 Å². The summed E-state index contributed by atoms with van der Waals surface area (Å²) in [6.45, 7) is 7.28. The number of amides is 1. The van der Waals surface area contributed by atoms with Gasteiger partial charge >= 0.3 is 0 Å². The molecule has 0 aromatic rings. The maximum atomic E-state index is 12.6. The Kier molecular flexibility index (Phi) is 3.03. The van der Waals surface area contributed by atoms with Crippen LogP contribution in [-0.4, -0.2) is 42.1 Å². The Hall–Kier alpha value is -1.19. The molecular formula is C16H26N2O2. The zero-order valence-electron chi connectivity index (χ0n) is 13.3. The first-order valence-electron chi connectivity index (χ1n) is 7.71. The minimum Gasteiger partial charge on any atom is -0.472 e. The van der Waals surface area contributed by atoms with Gasteiger partial charge in [-0.05, 0) is 32.6 Å². The van der Waals surface area contributed by atoms with Crippen LogP contribution in [-0.2, 0) is 9.53 Å². The summed E-state index contributed by atoms with van der Waals surface area (Å²) in [6, 6.07) is 0. The SMILES string of the molecule is C[C@@H]1CC[C@H]2[C@H](C1)C1=C(OC2(C)C)N(C)CN(C)C1=O. The van der Waals surface area contributed by atoms with E-state index in [4.69, 9.17) is 4.74 Å². The molecule has 1 amide bonds. The zero-order chi connectivity index (χ0) is 14.7. The van der Waals surface area contributed by atoms with Crippen LogP contribution < -0.4 is 0 Å². The Morgan fingerprint density at radius 2 is 1.90 bits per heavy atom. The van der Waals surface area contributed by atoms with Crippen LogP contribution in [0, 0.1) is 17.8 Å². The van der Waals surface area contributed by atoms with E-state index in [0.29, 0.717) is 24.4 Å². The van der Waals surface area contributed by atoms with Gasteiger partial charge in [-0.2, -0.15) is 0 Å². The van der Waals surface area contributed by atoms with E-state index >= 15 is 0 Å². The lowest BCUT2D eigenvalue weighted by molar-refractivity contribution is -0.145. The largest absolute Gasteiger partial charge is 0.472 e. The standard InChI is InChI=1S/C16H26N2O2/c1-10-6-7-12-11(8-10)13-14(19)17(4)9-18(5)15(13)20-16(12,2)3/h10-12H,6-9H2,1-5H3/t10-,11+,12+/m1/s1. The number of ether oxygens (including phenoxy) is 1. The fourth-order valence-electron chi connectivity index (χ4n) is 4.26. The van der Waals surface area contributed by atoms with Crippen molar-refractivity contribution in [2.45, 2.75) is 45.6 Å². The second-order valence-electron chi connectivity index (χ2n) is 7.40.